The lowest BCUT2D eigenvalue weighted by Crippen LogP contribution is -2.46. The van der Waals surface area contributed by atoms with Crippen LogP contribution in [-0.2, 0) is 14.8 Å². The second-order valence-corrected chi connectivity index (χ2v) is 15.8. The predicted molar refractivity (Wildman–Crippen MR) is 175 cm³/mol. The number of fused-ring (bicyclic) bond motifs is 2. The molecule has 0 atom stereocenters. The highest BCUT2D eigenvalue weighted by molar-refractivity contribution is 7.92. The lowest BCUT2D eigenvalue weighted by molar-refractivity contribution is -0.175. The van der Waals surface area contributed by atoms with Gasteiger partial charge >= 0.3 is 0 Å². The number of thiazole rings is 1. The Labute approximate surface area is 266 Å². The Hall–Kier alpha value is -4.00. The van der Waals surface area contributed by atoms with Crippen LogP contribution in [0.2, 0.25) is 0 Å². The van der Waals surface area contributed by atoms with E-state index >= 15 is 0 Å². The number of nitrogens with zero attached hydrogens (tertiary/aromatic N) is 2. The van der Waals surface area contributed by atoms with Crippen LogP contribution in [0.15, 0.2) is 57.3 Å². The van der Waals surface area contributed by atoms with Crippen molar-refractivity contribution in [3.63, 3.8) is 0 Å². The summed E-state index contributed by atoms with van der Waals surface area (Å²) >= 11 is 0.771. The van der Waals surface area contributed by atoms with Crippen LogP contribution in [0.1, 0.15) is 62.0 Å². The first-order chi connectivity index (χ1) is 21.1. The summed E-state index contributed by atoms with van der Waals surface area (Å²) in [4.78, 5) is 22.7. The summed E-state index contributed by atoms with van der Waals surface area (Å²) in [5, 5.41) is 1.40. The Kier molecular flexibility index (Phi) is 7.65. The van der Waals surface area contributed by atoms with E-state index in [0.717, 1.165) is 46.9 Å². The molecule has 236 valence electrons. The van der Waals surface area contributed by atoms with Gasteiger partial charge in [-0.25, -0.2) is 23.1 Å². The van der Waals surface area contributed by atoms with Crippen molar-refractivity contribution in [1.82, 2.24) is 14.7 Å². The number of pyridine rings is 1. The Morgan fingerprint density at radius 2 is 1.82 bits per heavy atom. The fourth-order valence-corrected chi connectivity index (χ4v) is 8.40. The van der Waals surface area contributed by atoms with Crippen molar-refractivity contribution in [3.05, 3.63) is 65.4 Å². The number of aromatic nitrogens is 2. The molecule has 6 rings (SSSR count). The van der Waals surface area contributed by atoms with Gasteiger partial charge in [0.1, 0.15) is 17.0 Å². The van der Waals surface area contributed by atoms with E-state index in [1.54, 1.807) is 12.1 Å². The molecule has 4 heterocycles. The number of carbonyl (C=O) groups excluding carboxylic acids is 1. The Balaban J connectivity index is 1.47. The van der Waals surface area contributed by atoms with Gasteiger partial charge in [-0.2, -0.15) is 0 Å². The normalized spacial score (nSPS) is 16.7. The molecule has 1 aliphatic heterocycles. The largest absolute Gasteiger partial charge is 0.493 e. The quantitative estimate of drug-likeness (QED) is 0.195. The van der Waals surface area contributed by atoms with E-state index in [1.807, 2.05) is 44.2 Å². The first-order valence-electron chi connectivity index (χ1n) is 14.7. The van der Waals surface area contributed by atoms with Crippen molar-refractivity contribution in [1.29, 1.82) is 0 Å². The molecule has 10 nitrogen and oxygen atoms in total. The fourth-order valence-electron chi connectivity index (χ4n) is 6.52. The number of nitrogens with two attached hydrogens (primary N) is 1. The van der Waals surface area contributed by atoms with E-state index in [9.17, 15) is 13.2 Å². The average Bonchev–Trinajstić information content (AvgIpc) is 3.54. The standard InChI is InChI=1S/C33H36N4O6S2/c1-18-11-12-25(41-17-20-14-32(3,4)43-33(5,6)15-20)27-22(30(38)37-45(39,40)26-16-35-31(34)44-26)13-23(36-28(18)27)29-19(2)21-9-7-8-10-24(21)42-29/h7-13,16,20H,14-15,17H2,1-6H3,(H2,34,35)(H,37,38). The van der Waals surface area contributed by atoms with Crippen molar-refractivity contribution in [2.24, 2.45) is 5.92 Å². The van der Waals surface area contributed by atoms with Gasteiger partial charge in [-0.05, 0) is 84.1 Å². The number of rotatable bonds is 7. The number of benzene rings is 2. The van der Waals surface area contributed by atoms with E-state index < -0.39 is 15.9 Å². The topological polar surface area (TPSA) is 147 Å². The maximum absolute atomic E-state index is 14.0. The fraction of sp³-hybridized carbons (Fsp3) is 0.364. The summed E-state index contributed by atoms with van der Waals surface area (Å²) in [7, 11) is -4.26. The van der Waals surface area contributed by atoms with Gasteiger partial charge in [0.15, 0.2) is 15.1 Å². The molecule has 1 amide bonds. The number of hydrogen-bond donors (Lipinski definition) is 2. The number of hydrogen-bond acceptors (Lipinski definition) is 10. The van der Waals surface area contributed by atoms with Crippen molar-refractivity contribution in [2.75, 3.05) is 12.3 Å². The third-order valence-corrected chi connectivity index (χ3v) is 10.6. The molecule has 1 saturated heterocycles. The minimum atomic E-state index is -4.26. The number of amides is 1. The zero-order valence-corrected chi connectivity index (χ0v) is 27.7. The molecular formula is C33H36N4O6S2. The summed E-state index contributed by atoms with van der Waals surface area (Å²) in [6, 6.07) is 12.9. The lowest BCUT2D eigenvalue weighted by Gasteiger charge is -2.45. The van der Waals surface area contributed by atoms with Crippen molar-refractivity contribution < 1.29 is 27.1 Å². The molecule has 0 bridgehead atoms. The summed E-state index contributed by atoms with van der Waals surface area (Å²) < 4.78 is 47.4. The molecular weight excluding hydrogens is 613 g/mol. The molecule has 3 aromatic heterocycles. The van der Waals surface area contributed by atoms with E-state index in [-0.39, 0.29) is 32.0 Å². The smallest absolute Gasteiger partial charge is 0.275 e. The molecule has 2 aromatic carbocycles. The van der Waals surface area contributed by atoms with Crippen molar-refractivity contribution in [2.45, 2.75) is 69.8 Å². The van der Waals surface area contributed by atoms with Gasteiger partial charge in [0, 0.05) is 10.9 Å². The van der Waals surface area contributed by atoms with Gasteiger partial charge in [0.2, 0.25) is 0 Å². The number of nitrogen functional groups attached to an aromatic ring is 1. The lowest BCUT2D eigenvalue weighted by atomic mass is 9.81. The van der Waals surface area contributed by atoms with Gasteiger partial charge in [-0.1, -0.05) is 35.6 Å². The van der Waals surface area contributed by atoms with Crippen molar-refractivity contribution in [3.8, 4) is 17.2 Å². The summed E-state index contributed by atoms with van der Waals surface area (Å²) in [6.45, 7) is 12.5. The molecule has 0 aliphatic carbocycles. The van der Waals surface area contributed by atoms with Crippen LogP contribution in [0.4, 0.5) is 5.13 Å². The monoisotopic (exact) mass is 648 g/mol. The molecule has 45 heavy (non-hydrogen) atoms. The highest BCUT2D eigenvalue weighted by Gasteiger charge is 2.39. The molecule has 1 aliphatic rings. The van der Waals surface area contributed by atoms with Crippen LogP contribution >= 0.6 is 11.3 Å². The van der Waals surface area contributed by atoms with Crippen LogP contribution in [-0.4, -0.2) is 42.1 Å². The molecule has 0 unspecified atom stereocenters. The number of carbonyl (C=O) groups is 1. The number of sulfonamides is 1. The van der Waals surface area contributed by atoms with Crippen LogP contribution < -0.4 is 15.2 Å². The van der Waals surface area contributed by atoms with E-state index in [1.165, 1.54) is 0 Å². The maximum atomic E-state index is 14.0. The van der Waals surface area contributed by atoms with Crippen LogP contribution in [0.3, 0.4) is 0 Å². The van der Waals surface area contributed by atoms with Crippen molar-refractivity contribution >= 4 is 54.3 Å². The molecule has 0 spiro atoms. The Morgan fingerprint density at radius 1 is 1.11 bits per heavy atom. The minimum absolute atomic E-state index is 0.0746. The van der Waals surface area contributed by atoms with Crippen LogP contribution in [0.5, 0.6) is 5.75 Å². The molecule has 0 radical (unpaired) electrons. The zero-order chi connectivity index (χ0) is 32.3. The summed E-state index contributed by atoms with van der Waals surface area (Å²) in [6.07, 6.45) is 2.73. The molecule has 3 N–H and O–H groups in total. The number of furan rings is 1. The van der Waals surface area contributed by atoms with E-state index in [0.29, 0.717) is 40.3 Å². The first kappa shape index (κ1) is 31.0. The first-order valence-corrected chi connectivity index (χ1v) is 17.0. The molecule has 5 aromatic rings. The second kappa shape index (κ2) is 11.1. The molecule has 0 saturated carbocycles. The highest BCUT2D eigenvalue weighted by Crippen LogP contribution is 2.41. The van der Waals surface area contributed by atoms with Crippen LogP contribution in [0.25, 0.3) is 33.3 Å². The number of para-hydroxylation sites is 1. The summed E-state index contributed by atoms with van der Waals surface area (Å²) in [5.41, 5.74) is 8.35. The predicted octanol–water partition coefficient (Wildman–Crippen LogP) is 6.78. The average molecular weight is 649 g/mol. The van der Waals surface area contributed by atoms with E-state index in [2.05, 4.69) is 37.4 Å². The second-order valence-electron chi connectivity index (χ2n) is 12.9. The van der Waals surface area contributed by atoms with Gasteiger partial charge in [-0.15, -0.1) is 0 Å². The molecule has 12 heteroatoms. The Bertz CT molecular complexity index is 2050. The SMILES string of the molecule is Cc1c(-c2cc(C(=O)NS(=O)(=O)c3cnc(N)s3)c3c(OCC4CC(C)(C)OC(C)(C)C4)ccc(C)c3n2)oc2ccccc12. The number of anilines is 1. The number of ether oxygens (including phenoxy) is 2. The van der Waals surface area contributed by atoms with E-state index in [4.69, 9.17) is 24.6 Å². The number of nitrogens with one attached hydrogen (secondary N) is 1. The van der Waals surface area contributed by atoms with Gasteiger partial charge < -0.3 is 19.6 Å². The van der Waals surface area contributed by atoms with Gasteiger partial charge in [-0.3, -0.25) is 4.79 Å². The summed E-state index contributed by atoms with van der Waals surface area (Å²) in [5.74, 6) is 0.276. The zero-order valence-electron chi connectivity index (χ0n) is 26.1. The Morgan fingerprint density at radius 3 is 2.49 bits per heavy atom. The van der Waals surface area contributed by atoms with Crippen LogP contribution in [0, 0.1) is 19.8 Å². The van der Waals surface area contributed by atoms with Gasteiger partial charge in [0.05, 0.1) is 40.5 Å². The third-order valence-electron chi connectivity index (χ3n) is 8.03. The highest BCUT2D eigenvalue weighted by atomic mass is 32.2. The number of aryl methyl sites for hydroxylation is 2. The molecule has 1 fully saturated rings. The van der Waals surface area contributed by atoms with Gasteiger partial charge in [0.25, 0.3) is 15.9 Å². The maximum Gasteiger partial charge on any atom is 0.275 e. The third kappa shape index (κ3) is 6.14. The minimum Gasteiger partial charge on any atom is -0.493 e.